The molecule has 0 bridgehead atoms. The van der Waals surface area contributed by atoms with E-state index in [1.54, 1.807) is 0 Å². The first-order valence-corrected chi connectivity index (χ1v) is 9.44. The molecule has 1 aliphatic rings. The number of rotatable bonds is 5. The van der Waals surface area contributed by atoms with Gasteiger partial charge in [0.2, 0.25) is 0 Å². The lowest BCUT2D eigenvalue weighted by Gasteiger charge is -2.15. The van der Waals surface area contributed by atoms with E-state index in [1.165, 1.54) is 42.5 Å². The van der Waals surface area contributed by atoms with Crippen LogP contribution >= 0.6 is 11.8 Å². The summed E-state index contributed by atoms with van der Waals surface area (Å²) >= 11 is 0.685. The van der Waals surface area contributed by atoms with Gasteiger partial charge in [-0.3, -0.25) is 19.3 Å². The second-order valence-electron chi connectivity index (χ2n) is 6.18. The molecule has 30 heavy (non-hydrogen) atoms. The van der Waals surface area contributed by atoms with E-state index >= 15 is 0 Å². The number of alkyl halides is 3. The minimum Gasteiger partial charge on any atom is -0.350 e. The Labute approximate surface area is 172 Å². The number of amides is 3. The van der Waals surface area contributed by atoms with Crippen LogP contribution in [0.4, 0.5) is 22.4 Å². The molecule has 1 saturated heterocycles. The fourth-order valence-corrected chi connectivity index (χ4v) is 3.57. The Hall–Kier alpha value is -3.14. The van der Waals surface area contributed by atoms with Crippen molar-refractivity contribution in [1.82, 2.24) is 10.2 Å². The third-order valence-electron chi connectivity index (χ3n) is 4.14. The molecule has 0 saturated carbocycles. The zero-order valence-electron chi connectivity index (χ0n) is 15.2. The molecule has 156 valence electrons. The summed E-state index contributed by atoms with van der Waals surface area (Å²) in [5.74, 6) is -2.00. The number of hydrogen-bond acceptors (Lipinski definition) is 4. The highest BCUT2D eigenvalue weighted by Gasteiger charge is 2.36. The molecular formula is C20H14F4N2O3S. The topological polar surface area (TPSA) is 66.5 Å². The summed E-state index contributed by atoms with van der Waals surface area (Å²) in [6.45, 7) is -0.418. The fourth-order valence-electron chi connectivity index (χ4n) is 2.71. The number of carbonyl (C=O) groups is 3. The largest absolute Gasteiger partial charge is 0.417 e. The van der Waals surface area contributed by atoms with E-state index in [1.807, 2.05) is 0 Å². The molecule has 1 fully saturated rings. The minimum absolute atomic E-state index is 0.125. The summed E-state index contributed by atoms with van der Waals surface area (Å²) in [6, 6.07) is 9.64. The SMILES string of the molecule is O=C(NCCN1C(=O)S/C(=C\c2ccc(F)cc2)C1=O)c1ccccc1C(F)(F)F. The van der Waals surface area contributed by atoms with E-state index in [0.717, 1.165) is 17.0 Å². The molecule has 1 aliphatic heterocycles. The third-order valence-corrected chi connectivity index (χ3v) is 5.05. The summed E-state index contributed by atoms with van der Waals surface area (Å²) in [5.41, 5.74) is -1.09. The lowest BCUT2D eigenvalue weighted by Crippen LogP contribution is -2.37. The predicted octanol–water partition coefficient (Wildman–Crippen LogP) is 4.31. The molecule has 0 radical (unpaired) electrons. The van der Waals surface area contributed by atoms with Gasteiger partial charge in [0.25, 0.3) is 17.1 Å². The van der Waals surface area contributed by atoms with Gasteiger partial charge in [-0.25, -0.2) is 4.39 Å². The molecular weight excluding hydrogens is 424 g/mol. The zero-order valence-corrected chi connectivity index (χ0v) is 16.0. The number of hydrogen-bond donors (Lipinski definition) is 1. The summed E-state index contributed by atoms with van der Waals surface area (Å²) < 4.78 is 52.0. The van der Waals surface area contributed by atoms with Gasteiger partial charge in [-0.2, -0.15) is 13.2 Å². The fraction of sp³-hybridized carbons (Fsp3) is 0.150. The van der Waals surface area contributed by atoms with Crippen molar-refractivity contribution in [3.8, 4) is 0 Å². The van der Waals surface area contributed by atoms with Gasteiger partial charge in [0.15, 0.2) is 0 Å². The van der Waals surface area contributed by atoms with Crippen molar-refractivity contribution in [2.45, 2.75) is 6.18 Å². The van der Waals surface area contributed by atoms with Crippen LogP contribution in [0.2, 0.25) is 0 Å². The number of nitrogens with one attached hydrogen (secondary N) is 1. The molecule has 2 aromatic rings. The van der Waals surface area contributed by atoms with E-state index < -0.39 is 40.2 Å². The molecule has 1 heterocycles. The quantitative estimate of drug-likeness (QED) is 0.558. The number of imide groups is 1. The van der Waals surface area contributed by atoms with Crippen LogP contribution < -0.4 is 5.32 Å². The maximum Gasteiger partial charge on any atom is 0.417 e. The van der Waals surface area contributed by atoms with Crippen LogP contribution in [0, 0.1) is 5.82 Å². The Bertz CT molecular complexity index is 1020. The van der Waals surface area contributed by atoms with E-state index in [4.69, 9.17) is 0 Å². The Morgan fingerprint density at radius 3 is 2.40 bits per heavy atom. The average molecular weight is 438 g/mol. The normalized spacial score (nSPS) is 15.7. The van der Waals surface area contributed by atoms with Gasteiger partial charge in [-0.1, -0.05) is 24.3 Å². The minimum atomic E-state index is -4.69. The Balaban J connectivity index is 1.63. The van der Waals surface area contributed by atoms with Crippen LogP contribution in [0.1, 0.15) is 21.5 Å². The molecule has 0 atom stereocenters. The van der Waals surface area contributed by atoms with Crippen molar-refractivity contribution >= 4 is 34.9 Å². The number of halogens is 4. The second-order valence-corrected chi connectivity index (χ2v) is 7.18. The van der Waals surface area contributed by atoms with Gasteiger partial charge >= 0.3 is 6.18 Å². The Kier molecular flexibility index (Phi) is 6.25. The van der Waals surface area contributed by atoms with Gasteiger partial charge < -0.3 is 5.32 Å². The molecule has 0 aromatic heterocycles. The van der Waals surface area contributed by atoms with E-state index in [9.17, 15) is 31.9 Å². The molecule has 10 heteroatoms. The van der Waals surface area contributed by atoms with E-state index in [0.29, 0.717) is 17.3 Å². The highest BCUT2D eigenvalue weighted by atomic mass is 32.2. The first kappa shape index (κ1) is 21.6. The van der Waals surface area contributed by atoms with Gasteiger partial charge in [0.1, 0.15) is 5.82 Å². The summed E-state index contributed by atoms with van der Waals surface area (Å²) in [5, 5.41) is 1.72. The lowest BCUT2D eigenvalue weighted by atomic mass is 10.1. The zero-order chi connectivity index (χ0) is 21.9. The standard InChI is InChI=1S/C20H14F4N2O3S/c21-13-7-5-12(6-8-13)11-16-18(28)26(19(29)30-16)10-9-25-17(27)14-3-1-2-4-15(14)20(22,23)24/h1-8,11H,9-10H2,(H,25,27)/b16-11-. The number of benzene rings is 2. The summed E-state index contributed by atoms with van der Waals surface area (Å²) in [4.78, 5) is 37.6. The maximum absolute atomic E-state index is 13.0. The van der Waals surface area contributed by atoms with E-state index in [2.05, 4.69) is 5.32 Å². The van der Waals surface area contributed by atoms with Crippen molar-refractivity contribution in [2.24, 2.45) is 0 Å². The van der Waals surface area contributed by atoms with Crippen LogP contribution in [0.3, 0.4) is 0 Å². The second kappa shape index (κ2) is 8.70. The van der Waals surface area contributed by atoms with Crippen LogP contribution in [0.25, 0.3) is 6.08 Å². The van der Waals surface area contributed by atoms with Crippen molar-refractivity contribution < 1.29 is 31.9 Å². The van der Waals surface area contributed by atoms with Crippen molar-refractivity contribution in [3.05, 3.63) is 75.9 Å². The van der Waals surface area contributed by atoms with Gasteiger partial charge in [-0.15, -0.1) is 0 Å². The highest BCUT2D eigenvalue weighted by molar-refractivity contribution is 8.18. The van der Waals surface area contributed by atoms with Crippen LogP contribution in [0.5, 0.6) is 0 Å². The molecule has 2 aromatic carbocycles. The molecule has 0 unspecified atom stereocenters. The van der Waals surface area contributed by atoms with Crippen LogP contribution in [0.15, 0.2) is 53.4 Å². The number of thioether (sulfide) groups is 1. The van der Waals surface area contributed by atoms with Crippen molar-refractivity contribution in [1.29, 1.82) is 0 Å². The molecule has 0 spiro atoms. The third kappa shape index (κ3) is 4.88. The molecule has 5 nitrogen and oxygen atoms in total. The first-order chi connectivity index (χ1) is 14.2. The maximum atomic E-state index is 13.0. The predicted molar refractivity (Wildman–Crippen MR) is 103 cm³/mol. The number of carbonyl (C=O) groups excluding carboxylic acids is 3. The smallest absolute Gasteiger partial charge is 0.350 e. The molecule has 0 aliphatic carbocycles. The monoisotopic (exact) mass is 438 g/mol. The Morgan fingerprint density at radius 1 is 1.07 bits per heavy atom. The van der Waals surface area contributed by atoms with Gasteiger partial charge in [0.05, 0.1) is 16.0 Å². The lowest BCUT2D eigenvalue weighted by molar-refractivity contribution is -0.138. The van der Waals surface area contributed by atoms with Crippen molar-refractivity contribution in [3.63, 3.8) is 0 Å². The average Bonchev–Trinajstić information content (AvgIpc) is 2.96. The van der Waals surface area contributed by atoms with Gasteiger partial charge in [-0.05, 0) is 47.7 Å². The Morgan fingerprint density at radius 2 is 1.73 bits per heavy atom. The molecule has 3 rings (SSSR count). The molecule has 1 N–H and O–H groups in total. The van der Waals surface area contributed by atoms with Gasteiger partial charge in [0, 0.05) is 13.1 Å². The highest BCUT2D eigenvalue weighted by Crippen LogP contribution is 2.33. The van der Waals surface area contributed by atoms with E-state index in [-0.39, 0.29) is 18.0 Å². The molecule has 3 amide bonds. The first-order valence-electron chi connectivity index (χ1n) is 8.62. The number of nitrogens with zero attached hydrogens (tertiary/aromatic N) is 1. The summed E-state index contributed by atoms with van der Waals surface area (Å²) in [6.07, 6.45) is -3.26. The van der Waals surface area contributed by atoms with Crippen molar-refractivity contribution in [2.75, 3.05) is 13.1 Å². The summed E-state index contributed by atoms with van der Waals surface area (Å²) in [7, 11) is 0. The van der Waals surface area contributed by atoms with Crippen LogP contribution in [-0.4, -0.2) is 35.0 Å². The van der Waals surface area contributed by atoms with Crippen LogP contribution in [-0.2, 0) is 11.0 Å².